The van der Waals surface area contributed by atoms with Crippen molar-refractivity contribution < 1.29 is 22.7 Å². The van der Waals surface area contributed by atoms with E-state index < -0.39 is 18.2 Å². The molecule has 0 radical (unpaired) electrons. The van der Waals surface area contributed by atoms with E-state index in [1.807, 2.05) is 0 Å². The van der Waals surface area contributed by atoms with Crippen molar-refractivity contribution in [3.63, 3.8) is 0 Å². The smallest absolute Gasteiger partial charge is 0.387 e. The van der Waals surface area contributed by atoms with Gasteiger partial charge in [0, 0.05) is 18.0 Å². The molecule has 0 aromatic heterocycles. The maximum absolute atomic E-state index is 14.0. The Labute approximate surface area is 120 Å². The molecule has 3 nitrogen and oxygen atoms in total. The highest BCUT2D eigenvalue weighted by atomic mass is 19.3. The molecule has 0 amide bonds. The molecule has 2 fully saturated rings. The minimum atomic E-state index is -3.08. The Bertz CT molecular complexity index is 538. The lowest BCUT2D eigenvalue weighted by Crippen LogP contribution is -2.40. The molecule has 2 aliphatic heterocycles. The van der Waals surface area contributed by atoms with Crippen LogP contribution in [-0.2, 0) is 0 Å². The van der Waals surface area contributed by atoms with Gasteiger partial charge in [0.2, 0.25) is 0 Å². The van der Waals surface area contributed by atoms with Gasteiger partial charge in [-0.15, -0.1) is 0 Å². The van der Waals surface area contributed by atoms with Gasteiger partial charge >= 0.3 is 6.61 Å². The summed E-state index contributed by atoms with van der Waals surface area (Å²) in [7, 11) is 0. The zero-order chi connectivity index (χ0) is 15.0. The number of alkyl halides is 2. The number of ketones is 1. The molecule has 2 aliphatic rings. The van der Waals surface area contributed by atoms with Crippen LogP contribution in [0.25, 0.3) is 0 Å². The first-order valence-electron chi connectivity index (χ1n) is 7.08. The van der Waals surface area contributed by atoms with E-state index in [2.05, 4.69) is 10.1 Å². The summed E-state index contributed by atoms with van der Waals surface area (Å²) in [6.07, 6.45) is 3.26. The van der Waals surface area contributed by atoms with Gasteiger partial charge in [-0.2, -0.15) is 8.78 Å². The SMILES string of the molecule is O=C(c1c(F)cccc1OC(F)F)C1CC2CCC(C1)N2. The van der Waals surface area contributed by atoms with E-state index in [0.717, 1.165) is 18.9 Å². The molecule has 114 valence electrons. The number of fused-ring (bicyclic) bond motifs is 2. The predicted molar refractivity (Wildman–Crippen MR) is 70.0 cm³/mol. The van der Waals surface area contributed by atoms with Crippen LogP contribution in [0.1, 0.15) is 36.0 Å². The number of hydrogen-bond donors (Lipinski definition) is 1. The van der Waals surface area contributed by atoms with Crippen molar-refractivity contribution in [2.75, 3.05) is 0 Å². The third-order valence-corrected chi connectivity index (χ3v) is 4.28. The highest BCUT2D eigenvalue weighted by molar-refractivity contribution is 6.00. The van der Waals surface area contributed by atoms with Crippen LogP contribution in [-0.4, -0.2) is 24.5 Å². The van der Waals surface area contributed by atoms with Crippen LogP contribution < -0.4 is 10.1 Å². The van der Waals surface area contributed by atoms with E-state index in [4.69, 9.17) is 0 Å². The minimum absolute atomic E-state index is 0.268. The Balaban J connectivity index is 1.87. The van der Waals surface area contributed by atoms with Crippen LogP contribution in [0.3, 0.4) is 0 Å². The summed E-state index contributed by atoms with van der Waals surface area (Å²) >= 11 is 0. The van der Waals surface area contributed by atoms with Crippen LogP contribution >= 0.6 is 0 Å². The normalized spacial score (nSPS) is 27.9. The molecule has 6 heteroatoms. The number of benzene rings is 1. The summed E-state index contributed by atoms with van der Waals surface area (Å²) in [4.78, 5) is 12.5. The van der Waals surface area contributed by atoms with E-state index in [-0.39, 0.29) is 29.3 Å². The summed E-state index contributed by atoms with van der Waals surface area (Å²) in [6.45, 7) is -3.08. The van der Waals surface area contributed by atoms with E-state index in [0.29, 0.717) is 12.8 Å². The third kappa shape index (κ3) is 2.90. The van der Waals surface area contributed by atoms with Gasteiger partial charge in [-0.25, -0.2) is 4.39 Å². The Morgan fingerprint density at radius 2 is 1.90 bits per heavy atom. The fourth-order valence-corrected chi connectivity index (χ4v) is 3.41. The number of carbonyl (C=O) groups is 1. The Hall–Kier alpha value is -1.56. The van der Waals surface area contributed by atoms with Crippen molar-refractivity contribution in [2.45, 2.75) is 44.4 Å². The summed E-state index contributed by atoms with van der Waals surface area (Å²) in [6, 6.07) is 4.10. The minimum Gasteiger partial charge on any atom is -0.434 e. The monoisotopic (exact) mass is 299 g/mol. The van der Waals surface area contributed by atoms with Gasteiger partial charge in [0.1, 0.15) is 11.6 Å². The zero-order valence-electron chi connectivity index (χ0n) is 11.3. The van der Waals surface area contributed by atoms with Crippen LogP contribution in [0, 0.1) is 11.7 Å². The topological polar surface area (TPSA) is 38.3 Å². The van der Waals surface area contributed by atoms with Crippen LogP contribution in [0.15, 0.2) is 18.2 Å². The molecule has 0 saturated carbocycles. The lowest BCUT2D eigenvalue weighted by atomic mass is 9.85. The molecule has 21 heavy (non-hydrogen) atoms. The first kappa shape index (κ1) is 14.4. The molecule has 0 spiro atoms. The number of rotatable bonds is 4. The van der Waals surface area contributed by atoms with Gasteiger partial charge in [-0.1, -0.05) is 6.07 Å². The highest BCUT2D eigenvalue weighted by Crippen LogP contribution is 2.35. The number of piperidine rings is 1. The molecule has 2 heterocycles. The van der Waals surface area contributed by atoms with Crippen molar-refractivity contribution in [1.82, 2.24) is 5.32 Å². The number of nitrogens with one attached hydrogen (secondary N) is 1. The van der Waals surface area contributed by atoms with E-state index in [1.165, 1.54) is 12.1 Å². The standard InChI is InChI=1S/C15H16F3NO2/c16-11-2-1-3-12(21-15(17)18)13(11)14(20)8-6-9-4-5-10(7-8)19-9/h1-3,8-10,15,19H,4-7H2. The Morgan fingerprint density at radius 3 is 2.52 bits per heavy atom. The first-order valence-corrected chi connectivity index (χ1v) is 7.08. The largest absolute Gasteiger partial charge is 0.434 e. The van der Waals surface area contributed by atoms with Crippen molar-refractivity contribution in [3.05, 3.63) is 29.6 Å². The van der Waals surface area contributed by atoms with E-state index >= 15 is 0 Å². The first-order chi connectivity index (χ1) is 10.0. The molecule has 2 atom stereocenters. The number of hydrogen-bond acceptors (Lipinski definition) is 3. The number of ether oxygens (including phenoxy) is 1. The molecule has 1 aromatic rings. The average Bonchev–Trinajstić information content (AvgIpc) is 2.76. The second-order valence-electron chi connectivity index (χ2n) is 5.66. The number of halogens is 3. The van der Waals surface area contributed by atoms with Crippen LogP contribution in [0.2, 0.25) is 0 Å². The zero-order valence-corrected chi connectivity index (χ0v) is 11.3. The van der Waals surface area contributed by atoms with Gasteiger partial charge in [-0.05, 0) is 37.8 Å². The second-order valence-corrected chi connectivity index (χ2v) is 5.66. The van der Waals surface area contributed by atoms with Gasteiger partial charge in [-0.3, -0.25) is 4.79 Å². The highest BCUT2D eigenvalue weighted by Gasteiger charge is 2.38. The molecule has 0 aliphatic carbocycles. The molecular formula is C15H16F3NO2. The van der Waals surface area contributed by atoms with Crippen molar-refractivity contribution in [1.29, 1.82) is 0 Å². The average molecular weight is 299 g/mol. The summed E-state index contributed by atoms with van der Waals surface area (Å²) in [5.74, 6) is -1.94. The van der Waals surface area contributed by atoms with Crippen molar-refractivity contribution >= 4 is 5.78 Å². The van der Waals surface area contributed by atoms with E-state index in [1.54, 1.807) is 0 Å². The van der Waals surface area contributed by atoms with E-state index in [9.17, 15) is 18.0 Å². The van der Waals surface area contributed by atoms with Gasteiger partial charge in [0.25, 0.3) is 0 Å². The van der Waals surface area contributed by atoms with Gasteiger partial charge in [0.15, 0.2) is 5.78 Å². The number of Topliss-reactive ketones (excluding diaryl/α,β-unsaturated/α-hetero) is 1. The summed E-state index contributed by atoms with van der Waals surface area (Å²) < 4.78 is 43.1. The second kappa shape index (κ2) is 5.67. The summed E-state index contributed by atoms with van der Waals surface area (Å²) in [5.41, 5.74) is -0.343. The van der Waals surface area contributed by atoms with Gasteiger partial charge in [0.05, 0.1) is 5.56 Å². The molecule has 2 saturated heterocycles. The fraction of sp³-hybridized carbons (Fsp3) is 0.533. The number of carbonyl (C=O) groups excluding carboxylic acids is 1. The molecule has 2 bridgehead atoms. The molecular weight excluding hydrogens is 283 g/mol. The van der Waals surface area contributed by atoms with Crippen LogP contribution in [0.5, 0.6) is 5.75 Å². The predicted octanol–water partition coefficient (Wildman–Crippen LogP) is 3.14. The fourth-order valence-electron chi connectivity index (χ4n) is 3.41. The Morgan fingerprint density at radius 1 is 1.24 bits per heavy atom. The van der Waals surface area contributed by atoms with Crippen molar-refractivity contribution in [3.8, 4) is 5.75 Å². The van der Waals surface area contributed by atoms with Crippen LogP contribution in [0.4, 0.5) is 13.2 Å². The quantitative estimate of drug-likeness (QED) is 0.868. The lowest BCUT2D eigenvalue weighted by Gasteiger charge is -2.28. The maximum atomic E-state index is 14.0. The van der Waals surface area contributed by atoms with Crippen molar-refractivity contribution in [2.24, 2.45) is 5.92 Å². The molecule has 3 rings (SSSR count). The molecule has 2 unspecified atom stereocenters. The molecule has 1 aromatic carbocycles. The summed E-state index contributed by atoms with van der Waals surface area (Å²) in [5, 5.41) is 3.39. The van der Waals surface area contributed by atoms with Gasteiger partial charge < -0.3 is 10.1 Å². The third-order valence-electron chi connectivity index (χ3n) is 4.28. The molecule has 1 N–H and O–H groups in total. The lowest BCUT2D eigenvalue weighted by molar-refractivity contribution is -0.0503. The Kier molecular flexibility index (Phi) is 3.89. The maximum Gasteiger partial charge on any atom is 0.387 e.